The standard InChI is InChI=1S/5C17H27N3O.C16H25N3O/c1-13(2)14-5-6-16(15(18-14)11-19(3)4)20-9-10-21-12-17(20)7-8-17;1-13(2)14-5-6-16(15(18-14)11-19(3)4)20-9-10-21-17(12-20)7-8-17;3*1-14(2)16-6-5-15(11-18-16)20-8-4-7-17(13-20)12-19(3)9-10-21-17;1-13(2)15-5-4-14(10-18-15)19-8-3-6-16(12-19)11-17-7-9-20-16/h2*5-6,13H,7-12H2,1-4H3;3*5-6,11,14H,4,7-10,12-13H2,1-3H3;4-5,10,13,17H,3,6-9,11-12H2,1-2H3/t;;2*17-;;/m..10../s1. The van der Waals surface area contributed by atoms with Crippen LogP contribution >= 0.6 is 0 Å². The quantitative estimate of drug-likeness (QED) is 0.0965. The summed E-state index contributed by atoms with van der Waals surface area (Å²) in [5.74, 6) is 2.90. The van der Waals surface area contributed by atoms with Gasteiger partial charge in [0.25, 0.3) is 0 Å². The molecule has 6 aromatic rings. The fourth-order valence-electron chi connectivity index (χ4n) is 20.0. The van der Waals surface area contributed by atoms with E-state index >= 15 is 0 Å². The molecular weight excluding hydrogens is 1560 g/mol. The van der Waals surface area contributed by atoms with E-state index in [4.69, 9.17) is 38.4 Å². The van der Waals surface area contributed by atoms with Crippen molar-refractivity contribution >= 4 is 34.1 Å². The minimum atomic E-state index is 0.00716. The monoisotopic (exact) mass is 1720 g/mol. The molecule has 4 atom stereocenters. The Labute approximate surface area is 752 Å². The van der Waals surface area contributed by atoms with Crippen molar-refractivity contribution in [1.82, 2.24) is 59.7 Å². The van der Waals surface area contributed by atoms with Crippen LogP contribution in [0.5, 0.6) is 0 Å². The predicted molar refractivity (Wildman–Crippen MR) is 511 cm³/mol. The molecule has 24 nitrogen and oxygen atoms in total. The van der Waals surface area contributed by atoms with Gasteiger partial charge in [0.2, 0.25) is 0 Å². The van der Waals surface area contributed by atoms with Crippen LogP contribution in [0.3, 0.4) is 0 Å². The second kappa shape index (κ2) is 43.3. The van der Waals surface area contributed by atoms with Gasteiger partial charge in [0.05, 0.1) is 150 Å². The number of nitrogens with one attached hydrogen (secondary N) is 1. The molecule has 16 heterocycles. The Morgan fingerprint density at radius 1 is 0.336 bits per heavy atom. The van der Waals surface area contributed by atoms with Crippen LogP contribution < -0.4 is 34.7 Å². The maximum Gasteiger partial charge on any atom is 0.0983 e. The molecule has 0 radical (unpaired) electrons. The van der Waals surface area contributed by atoms with Gasteiger partial charge in [-0.05, 0) is 235 Å². The lowest BCUT2D eigenvalue weighted by molar-refractivity contribution is -0.108. The maximum atomic E-state index is 6.19. The van der Waals surface area contributed by atoms with Crippen LogP contribution in [-0.4, -0.2) is 308 Å². The molecule has 6 aromatic heterocycles. The predicted octanol–water partition coefficient (Wildman–Crippen LogP) is 15.0. The van der Waals surface area contributed by atoms with Crippen molar-refractivity contribution in [3.8, 4) is 0 Å². The minimum Gasteiger partial charge on any atom is -0.377 e. The highest BCUT2D eigenvalue weighted by Gasteiger charge is 2.52. The summed E-state index contributed by atoms with van der Waals surface area (Å²) in [6, 6.07) is 26.4. The zero-order chi connectivity index (χ0) is 88.7. The summed E-state index contributed by atoms with van der Waals surface area (Å²) in [6.07, 6.45) is 22.5. The van der Waals surface area contributed by atoms with E-state index in [0.29, 0.717) is 35.5 Å². The van der Waals surface area contributed by atoms with Crippen molar-refractivity contribution in [1.29, 1.82) is 0 Å². The number of likely N-dealkylation sites (N-methyl/N-ethyl adjacent to an activating group) is 3. The van der Waals surface area contributed by atoms with Crippen LogP contribution in [0, 0.1) is 0 Å². The summed E-state index contributed by atoms with van der Waals surface area (Å²) in [7, 11) is 15.0. The van der Waals surface area contributed by atoms with Gasteiger partial charge < -0.3 is 87.6 Å². The zero-order valence-corrected chi connectivity index (χ0v) is 80.5. The van der Waals surface area contributed by atoms with E-state index < -0.39 is 0 Å². The summed E-state index contributed by atoms with van der Waals surface area (Å²) in [4.78, 5) is 54.7. The van der Waals surface area contributed by atoms with Crippen molar-refractivity contribution in [2.45, 2.75) is 242 Å². The van der Waals surface area contributed by atoms with E-state index in [-0.39, 0.29) is 33.5 Å². The topological polar surface area (TPSA) is 180 Å². The van der Waals surface area contributed by atoms with E-state index in [0.717, 1.165) is 196 Å². The number of nitrogens with zero attached hydrogens (tertiary/aromatic N) is 17. The first-order valence-corrected chi connectivity index (χ1v) is 48.1. The van der Waals surface area contributed by atoms with Crippen LogP contribution in [0.1, 0.15) is 241 Å². The van der Waals surface area contributed by atoms with Crippen LogP contribution in [0.25, 0.3) is 0 Å². The van der Waals surface area contributed by atoms with Crippen molar-refractivity contribution < 1.29 is 28.4 Å². The molecule has 24 heteroatoms. The average molecular weight is 1720 g/mol. The zero-order valence-electron chi connectivity index (χ0n) is 80.5. The fraction of sp³-hybridized carbons (Fsp3) is 0.703. The second-order valence-electron chi connectivity index (χ2n) is 41.1. The highest BCUT2D eigenvalue weighted by molar-refractivity contribution is 5.57. The van der Waals surface area contributed by atoms with Gasteiger partial charge in [-0.3, -0.25) is 29.9 Å². The maximum absolute atomic E-state index is 6.19. The molecule has 10 aliphatic heterocycles. The Morgan fingerprint density at radius 3 is 1.01 bits per heavy atom. The van der Waals surface area contributed by atoms with Crippen LogP contribution in [-0.2, 0) is 41.5 Å². The number of morpholine rings is 6. The molecule has 10 saturated heterocycles. The summed E-state index contributed by atoms with van der Waals surface area (Å²) in [5, 5.41) is 3.47. The van der Waals surface area contributed by atoms with E-state index in [2.05, 4.69) is 284 Å². The van der Waals surface area contributed by atoms with Crippen LogP contribution in [0.15, 0.2) is 97.6 Å². The molecule has 1 N–H and O–H groups in total. The van der Waals surface area contributed by atoms with Gasteiger partial charge in [-0.2, -0.15) is 0 Å². The molecule has 0 bridgehead atoms. The van der Waals surface area contributed by atoms with Crippen LogP contribution in [0.4, 0.5) is 34.1 Å². The Morgan fingerprint density at radius 2 is 0.672 bits per heavy atom. The molecular formula is C101H160N18O6. The lowest BCUT2D eigenvalue weighted by atomic mass is 9.90. The lowest BCUT2D eigenvalue weighted by Crippen LogP contribution is -2.59. The SMILES string of the molecule is CC(C)c1ccc(N2CCCC3(CN(C)CCO3)C2)cn1.CC(C)c1ccc(N2CCCC3(CNCCO3)C2)cn1.CC(C)c1ccc(N2CCC[C@@]3(CN(C)CCO3)C2)cn1.CC(C)c1ccc(N2CCC[C@]3(CN(C)CCO3)C2)cn1.CC(C)c1ccc(N2CCOC3(CC3)C2)c(CN(C)C)n1.CC(C)c1ccc(N2CCOCC23CC3)c(CN(C)C)n1. The molecule has 2 saturated carbocycles. The lowest BCUT2D eigenvalue weighted by Gasteiger charge is -2.48. The van der Waals surface area contributed by atoms with Crippen molar-refractivity contribution in [2.75, 3.05) is 249 Å². The molecule has 2 unspecified atom stereocenters. The van der Waals surface area contributed by atoms with Gasteiger partial charge in [-0.25, -0.2) is 0 Å². The first-order valence-electron chi connectivity index (χ1n) is 48.1. The van der Waals surface area contributed by atoms with E-state index in [9.17, 15) is 0 Å². The molecule has 690 valence electrons. The molecule has 0 amide bonds. The second-order valence-corrected chi connectivity index (χ2v) is 41.1. The first-order chi connectivity index (χ1) is 59.9. The first kappa shape index (κ1) is 95.8. The highest BCUT2D eigenvalue weighted by atomic mass is 16.5. The summed E-state index contributed by atoms with van der Waals surface area (Å²) < 4.78 is 36.3. The number of rotatable bonds is 16. The average Bonchev–Trinajstić information content (AvgIpc) is 1.60. The number of pyridine rings is 6. The third-order valence-corrected chi connectivity index (χ3v) is 27.5. The van der Waals surface area contributed by atoms with Crippen molar-refractivity contribution in [2.24, 2.45) is 0 Å². The Bertz CT molecular complexity index is 4040. The highest BCUT2D eigenvalue weighted by Crippen LogP contribution is 2.48. The largest absolute Gasteiger partial charge is 0.377 e. The van der Waals surface area contributed by atoms with Gasteiger partial charge in [-0.15, -0.1) is 0 Å². The molecule has 18 rings (SSSR count). The number of hydrogen-bond donors (Lipinski definition) is 1. The molecule has 12 aliphatic rings. The Kier molecular flexibility index (Phi) is 33.2. The minimum absolute atomic E-state index is 0.00716. The number of aromatic nitrogens is 6. The molecule has 12 fully saturated rings. The third kappa shape index (κ3) is 25.9. The van der Waals surface area contributed by atoms with Crippen LogP contribution in [0.2, 0.25) is 0 Å². The van der Waals surface area contributed by atoms with E-state index in [1.54, 1.807) is 0 Å². The smallest absolute Gasteiger partial charge is 0.0983 e. The van der Waals surface area contributed by atoms with Gasteiger partial charge in [0.15, 0.2) is 0 Å². The number of anilines is 6. The number of piperidine rings is 4. The summed E-state index contributed by atoms with van der Waals surface area (Å²) in [5.41, 5.74) is 17.4. The van der Waals surface area contributed by atoms with Gasteiger partial charge in [-0.1, -0.05) is 83.1 Å². The fourth-order valence-corrected chi connectivity index (χ4v) is 20.0. The van der Waals surface area contributed by atoms with Crippen molar-refractivity contribution in [3.63, 3.8) is 0 Å². The number of ether oxygens (including phenoxy) is 6. The van der Waals surface area contributed by atoms with Gasteiger partial charge in [0.1, 0.15) is 0 Å². The van der Waals surface area contributed by atoms with Gasteiger partial charge >= 0.3 is 0 Å². The molecule has 6 spiro atoms. The Balaban J connectivity index is 0.000000129. The van der Waals surface area contributed by atoms with Crippen molar-refractivity contribution in [3.05, 3.63) is 143 Å². The molecule has 125 heavy (non-hydrogen) atoms. The number of hydrogen-bond acceptors (Lipinski definition) is 24. The van der Waals surface area contributed by atoms with E-state index in [1.165, 1.54) is 145 Å². The Hall–Kier alpha value is -6.78. The van der Waals surface area contributed by atoms with E-state index in [1.807, 2.05) is 24.8 Å². The van der Waals surface area contributed by atoms with Gasteiger partial charge in [0, 0.05) is 172 Å². The third-order valence-electron chi connectivity index (χ3n) is 27.5. The summed E-state index contributed by atoms with van der Waals surface area (Å²) >= 11 is 0. The summed E-state index contributed by atoms with van der Waals surface area (Å²) in [6.45, 7) is 53.6. The normalized spacial score (nSPS) is 25.1. The molecule has 2 aliphatic carbocycles. The molecule has 0 aromatic carbocycles.